The molecule has 0 saturated carbocycles. The predicted molar refractivity (Wildman–Crippen MR) is 85.1 cm³/mol. The molecule has 0 N–H and O–H groups in total. The normalized spacial score (nSPS) is 11.9. The van der Waals surface area contributed by atoms with Crippen LogP contribution >= 0.6 is 0 Å². The minimum atomic E-state index is -4.43. The average molecular weight is 350 g/mol. The van der Waals surface area contributed by atoms with E-state index in [1.807, 2.05) is 6.92 Å². The van der Waals surface area contributed by atoms with Crippen LogP contribution < -0.4 is 0 Å². The lowest BCUT2D eigenvalue weighted by Crippen LogP contribution is -2.09. The number of hydrogen-bond donors (Lipinski definition) is 0. The summed E-state index contributed by atoms with van der Waals surface area (Å²) in [7, 11) is 1.68. The van der Waals surface area contributed by atoms with Crippen LogP contribution in [0.15, 0.2) is 24.4 Å². The molecule has 0 bridgehead atoms. The summed E-state index contributed by atoms with van der Waals surface area (Å²) in [5, 5.41) is 12.1. The van der Waals surface area contributed by atoms with E-state index in [0.29, 0.717) is 29.5 Å². The Morgan fingerprint density at radius 1 is 1.20 bits per heavy atom. The fourth-order valence-electron chi connectivity index (χ4n) is 2.57. The van der Waals surface area contributed by atoms with Crippen LogP contribution in [0.2, 0.25) is 0 Å². The van der Waals surface area contributed by atoms with Crippen molar-refractivity contribution in [3.63, 3.8) is 0 Å². The van der Waals surface area contributed by atoms with Crippen molar-refractivity contribution in [2.75, 3.05) is 0 Å². The SMILES string of the molecule is CCCc1nc(-c2ccc(C)c(C(F)(F)F)c2)n(-c2cnnn2C)n1. The van der Waals surface area contributed by atoms with Gasteiger partial charge in [0.1, 0.15) is 0 Å². The van der Waals surface area contributed by atoms with E-state index >= 15 is 0 Å². The van der Waals surface area contributed by atoms with Gasteiger partial charge in [-0.2, -0.15) is 17.9 Å². The van der Waals surface area contributed by atoms with E-state index in [2.05, 4.69) is 20.4 Å². The minimum absolute atomic E-state index is 0.165. The molecule has 0 spiro atoms. The summed E-state index contributed by atoms with van der Waals surface area (Å²) in [6, 6.07) is 4.16. The van der Waals surface area contributed by atoms with Gasteiger partial charge >= 0.3 is 6.18 Å². The Bertz CT molecular complexity index is 894. The molecule has 0 radical (unpaired) electrons. The van der Waals surface area contributed by atoms with Crippen molar-refractivity contribution in [2.24, 2.45) is 7.05 Å². The first-order valence-electron chi connectivity index (χ1n) is 7.80. The highest BCUT2D eigenvalue weighted by Gasteiger charge is 2.33. The lowest BCUT2D eigenvalue weighted by molar-refractivity contribution is -0.138. The summed E-state index contributed by atoms with van der Waals surface area (Å²) in [6.45, 7) is 3.42. The molecule has 0 fully saturated rings. The molecule has 0 atom stereocenters. The van der Waals surface area contributed by atoms with Gasteiger partial charge in [-0.3, -0.25) is 0 Å². The lowest BCUT2D eigenvalue weighted by atomic mass is 10.0. The summed E-state index contributed by atoms with van der Waals surface area (Å²) < 4.78 is 42.7. The molecule has 2 aromatic heterocycles. The largest absolute Gasteiger partial charge is 0.416 e. The third-order valence-corrected chi connectivity index (χ3v) is 3.83. The number of hydrogen-bond acceptors (Lipinski definition) is 4. The van der Waals surface area contributed by atoms with E-state index in [1.54, 1.807) is 13.1 Å². The molecule has 0 aliphatic rings. The monoisotopic (exact) mass is 350 g/mol. The number of aromatic nitrogens is 6. The molecule has 2 heterocycles. The Hall–Kier alpha value is -2.71. The van der Waals surface area contributed by atoms with Gasteiger partial charge in [0.2, 0.25) is 0 Å². The van der Waals surface area contributed by atoms with Gasteiger partial charge < -0.3 is 0 Å². The molecule has 0 aliphatic heterocycles. The zero-order valence-electron chi connectivity index (χ0n) is 14.0. The number of benzene rings is 1. The molecule has 6 nitrogen and oxygen atoms in total. The molecule has 0 unspecified atom stereocenters. The zero-order chi connectivity index (χ0) is 18.2. The third kappa shape index (κ3) is 3.26. The quantitative estimate of drug-likeness (QED) is 0.724. The highest BCUT2D eigenvalue weighted by molar-refractivity contribution is 5.60. The Morgan fingerprint density at radius 3 is 2.56 bits per heavy atom. The summed E-state index contributed by atoms with van der Waals surface area (Å²) in [5.74, 6) is 1.42. The van der Waals surface area contributed by atoms with Crippen LogP contribution in [0, 0.1) is 6.92 Å². The molecular formula is C16H17F3N6. The van der Waals surface area contributed by atoms with E-state index in [4.69, 9.17) is 0 Å². The first kappa shape index (κ1) is 17.1. The van der Waals surface area contributed by atoms with Gasteiger partial charge in [0, 0.05) is 19.0 Å². The number of rotatable bonds is 4. The fourth-order valence-corrected chi connectivity index (χ4v) is 2.57. The van der Waals surface area contributed by atoms with Crippen molar-refractivity contribution in [2.45, 2.75) is 32.9 Å². The summed E-state index contributed by atoms with van der Waals surface area (Å²) >= 11 is 0. The smallest absolute Gasteiger partial charge is 0.231 e. The van der Waals surface area contributed by atoms with Crippen LogP contribution in [0.4, 0.5) is 13.2 Å². The molecule has 9 heteroatoms. The van der Waals surface area contributed by atoms with Gasteiger partial charge in [-0.05, 0) is 25.0 Å². The highest BCUT2D eigenvalue weighted by Crippen LogP contribution is 2.34. The maximum Gasteiger partial charge on any atom is 0.416 e. The zero-order valence-corrected chi connectivity index (χ0v) is 14.0. The second kappa shape index (κ2) is 6.30. The maximum absolute atomic E-state index is 13.2. The lowest BCUT2D eigenvalue weighted by Gasteiger charge is -2.12. The maximum atomic E-state index is 13.2. The van der Waals surface area contributed by atoms with Gasteiger partial charge in [-0.1, -0.05) is 24.3 Å². The molecule has 0 aliphatic carbocycles. The van der Waals surface area contributed by atoms with Crippen LogP contribution in [-0.4, -0.2) is 29.8 Å². The van der Waals surface area contributed by atoms with Crippen LogP contribution in [0.3, 0.4) is 0 Å². The Labute approximate surface area is 142 Å². The van der Waals surface area contributed by atoms with Crippen LogP contribution in [0.1, 0.15) is 30.3 Å². The fraction of sp³-hybridized carbons (Fsp3) is 0.375. The topological polar surface area (TPSA) is 61.4 Å². The van der Waals surface area contributed by atoms with Crippen molar-refractivity contribution < 1.29 is 13.2 Å². The number of halogens is 3. The molecular weight excluding hydrogens is 333 g/mol. The summed E-state index contributed by atoms with van der Waals surface area (Å²) in [6.07, 6.45) is -1.48. The average Bonchev–Trinajstić information content (AvgIpc) is 3.13. The first-order chi connectivity index (χ1) is 11.8. The second-order valence-corrected chi connectivity index (χ2v) is 5.76. The van der Waals surface area contributed by atoms with Gasteiger partial charge in [-0.15, -0.1) is 10.2 Å². The first-order valence-corrected chi connectivity index (χ1v) is 7.80. The van der Waals surface area contributed by atoms with Crippen LogP contribution in [0.25, 0.3) is 17.2 Å². The number of alkyl halides is 3. The minimum Gasteiger partial charge on any atom is -0.231 e. The second-order valence-electron chi connectivity index (χ2n) is 5.76. The third-order valence-electron chi connectivity index (χ3n) is 3.83. The molecule has 132 valence electrons. The van der Waals surface area contributed by atoms with E-state index in [-0.39, 0.29) is 5.56 Å². The Morgan fingerprint density at radius 2 is 1.96 bits per heavy atom. The molecule has 3 aromatic rings. The molecule has 3 rings (SSSR count). The van der Waals surface area contributed by atoms with Gasteiger partial charge in [0.15, 0.2) is 17.5 Å². The van der Waals surface area contributed by atoms with Gasteiger partial charge in [-0.25, -0.2) is 9.67 Å². The van der Waals surface area contributed by atoms with E-state index in [0.717, 1.165) is 12.5 Å². The molecule has 25 heavy (non-hydrogen) atoms. The molecule has 0 amide bonds. The summed E-state index contributed by atoms with van der Waals surface area (Å²) in [5.41, 5.74) is -0.174. The van der Waals surface area contributed by atoms with Crippen molar-refractivity contribution in [1.29, 1.82) is 0 Å². The Balaban J connectivity index is 2.18. The summed E-state index contributed by atoms with van der Waals surface area (Å²) in [4.78, 5) is 4.44. The molecule has 1 aromatic carbocycles. The van der Waals surface area contributed by atoms with Crippen molar-refractivity contribution in [3.05, 3.63) is 41.3 Å². The van der Waals surface area contributed by atoms with Crippen molar-refractivity contribution >= 4 is 0 Å². The number of nitrogens with zero attached hydrogens (tertiary/aromatic N) is 6. The van der Waals surface area contributed by atoms with E-state index in [1.165, 1.54) is 28.6 Å². The van der Waals surface area contributed by atoms with Crippen molar-refractivity contribution in [1.82, 2.24) is 29.8 Å². The van der Waals surface area contributed by atoms with Crippen molar-refractivity contribution in [3.8, 4) is 17.2 Å². The predicted octanol–water partition coefficient (Wildman–Crippen LogP) is 3.34. The van der Waals surface area contributed by atoms with Gasteiger partial charge in [0.05, 0.1) is 11.8 Å². The highest BCUT2D eigenvalue weighted by atomic mass is 19.4. The van der Waals surface area contributed by atoms with Crippen LogP contribution in [-0.2, 0) is 19.6 Å². The van der Waals surface area contributed by atoms with E-state index < -0.39 is 11.7 Å². The Kier molecular flexibility index (Phi) is 4.32. The van der Waals surface area contributed by atoms with Gasteiger partial charge in [0.25, 0.3) is 0 Å². The van der Waals surface area contributed by atoms with E-state index in [9.17, 15) is 13.2 Å². The standard InChI is InChI=1S/C16H17F3N6/c1-4-5-13-21-15(25(22-13)14-9-20-23-24(14)3)11-7-6-10(2)12(8-11)16(17,18)19/h6-9H,4-5H2,1-3H3. The number of aryl methyl sites for hydroxylation is 3. The molecule has 0 saturated heterocycles. The van der Waals surface area contributed by atoms with Crippen LogP contribution in [0.5, 0.6) is 0 Å².